The van der Waals surface area contributed by atoms with Crippen LogP contribution in [0.4, 0.5) is 5.69 Å². The van der Waals surface area contributed by atoms with Gasteiger partial charge in [-0.3, -0.25) is 4.79 Å². The molecule has 1 aromatic carbocycles. The summed E-state index contributed by atoms with van der Waals surface area (Å²) in [5.41, 5.74) is 7.25. The average Bonchev–Trinajstić information content (AvgIpc) is 2.26. The fourth-order valence-electron chi connectivity index (χ4n) is 1.22. The van der Waals surface area contributed by atoms with Crippen LogP contribution in [0.1, 0.15) is 19.4 Å². The van der Waals surface area contributed by atoms with Crippen LogP contribution in [0.2, 0.25) is 0 Å². The zero-order valence-electron chi connectivity index (χ0n) is 9.69. The van der Waals surface area contributed by atoms with E-state index in [1.807, 2.05) is 38.1 Å². The fourth-order valence-corrected chi connectivity index (χ4v) is 1.22. The second-order valence-corrected chi connectivity index (χ2v) is 3.81. The Morgan fingerprint density at radius 1 is 1.50 bits per heavy atom. The van der Waals surface area contributed by atoms with Gasteiger partial charge in [-0.05, 0) is 31.5 Å². The molecule has 0 aliphatic heterocycles. The van der Waals surface area contributed by atoms with Crippen molar-refractivity contribution >= 4 is 11.6 Å². The highest BCUT2D eigenvalue weighted by Crippen LogP contribution is 2.09. The SMILES string of the molecule is CC(C)OCC(=O)Nc1cccc(CN)c1. The van der Waals surface area contributed by atoms with Crippen LogP contribution in [0.15, 0.2) is 24.3 Å². The monoisotopic (exact) mass is 222 g/mol. The molecule has 1 rings (SSSR count). The summed E-state index contributed by atoms with van der Waals surface area (Å²) in [7, 11) is 0. The maximum Gasteiger partial charge on any atom is 0.250 e. The predicted octanol–water partition coefficient (Wildman–Crippen LogP) is 1.51. The van der Waals surface area contributed by atoms with Crippen LogP contribution in [0.25, 0.3) is 0 Å². The molecule has 0 fully saturated rings. The van der Waals surface area contributed by atoms with Crippen LogP contribution in [0.5, 0.6) is 0 Å². The Balaban J connectivity index is 2.49. The molecule has 0 radical (unpaired) electrons. The van der Waals surface area contributed by atoms with Gasteiger partial charge in [-0.2, -0.15) is 0 Å². The molecule has 0 saturated carbocycles. The molecule has 3 N–H and O–H groups in total. The summed E-state index contributed by atoms with van der Waals surface area (Å²) in [6, 6.07) is 7.46. The Morgan fingerprint density at radius 2 is 2.25 bits per heavy atom. The van der Waals surface area contributed by atoms with Crippen molar-refractivity contribution in [2.45, 2.75) is 26.5 Å². The first-order chi connectivity index (χ1) is 7.61. The third-order valence-electron chi connectivity index (χ3n) is 1.99. The molecule has 0 aromatic heterocycles. The second kappa shape index (κ2) is 6.25. The van der Waals surface area contributed by atoms with E-state index in [1.165, 1.54) is 0 Å². The first kappa shape index (κ1) is 12.7. The second-order valence-electron chi connectivity index (χ2n) is 3.81. The van der Waals surface area contributed by atoms with Gasteiger partial charge in [-0.15, -0.1) is 0 Å². The molecule has 0 atom stereocenters. The number of carbonyl (C=O) groups is 1. The molecule has 1 amide bonds. The normalized spacial score (nSPS) is 10.5. The molecular weight excluding hydrogens is 204 g/mol. The van der Waals surface area contributed by atoms with Crippen molar-refractivity contribution in [2.24, 2.45) is 5.73 Å². The van der Waals surface area contributed by atoms with Gasteiger partial charge in [0.15, 0.2) is 0 Å². The Kier molecular flexibility index (Phi) is 4.95. The predicted molar refractivity (Wildman–Crippen MR) is 64.1 cm³/mol. The highest BCUT2D eigenvalue weighted by Gasteiger charge is 2.04. The number of anilines is 1. The van der Waals surface area contributed by atoms with E-state index in [0.717, 1.165) is 11.3 Å². The van der Waals surface area contributed by atoms with Gasteiger partial charge in [0.05, 0.1) is 6.10 Å². The lowest BCUT2D eigenvalue weighted by molar-refractivity contribution is -0.121. The highest BCUT2D eigenvalue weighted by molar-refractivity contribution is 5.91. The van der Waals surface area contributed by atoms with Crippen molar-refractivity contribution in [3.05, 3.63) is 29.8 Å². The first-order valence-corrected chi connectivity index (χ1v) is 5.32. The van der Waals surface area contributed by atoms with Crippen molar-refractivity contribution in [2.75, 3.05) is 11.9 Å². The molecule has 0 aliphatic rings. The molecule has 4 nitrogen and oxygen atoms in total. The fraction of sp³-hybridized carbons (Fsp3) is 0.417. The van der Waals surface area contributed by atoms with Crippen LogP contribution in [0.3, 0.4) is 0 Å². The Morgan fingerprint density at radius 3 is 2.88 bits per heavy atom. The molecule has 0 bridgehead atoms. The smallest absolute Gasteiger partial charge is 0.250 e. The van der Waals surface area contributed by atoms with Crippen LogP contribution >= 0.6 is 0 Å². The summed E-state index contributed by atoms with van der Waals surface area (Å²) in [4.78, 5) is 11.4. The molecular formula is C12H18N2O2. The largest absolute Gasteiger partial charge is 0.369 e. The number of carbonyl (C=O) groups excluding carboxylic acids is 1. The van der Waals surface area contributed by atoms with E-state index in [2.05, 4.69) is 5.32 Å². The van der Waals surface area contributed by atoms with E-state index in [1.54, 1.807) is 0 Å². The van der Waals surface area contributed by atoms with Gasteiger partial charge in [0, 0.05) is 12.2 Å². The van der Waals surface area contributed by atoms with Gasteiger partial charge in [0.2, 0.25) is 5.91 Å². The minimum absolute atomic E-state index is 0.0566. The van der Waals surface area contributed by atoms with E-state index in [0.29, 0.717) is 6.54 Å². The van der Waals surface area contributed by atoms with Gasteiger partial charge < -0.3 is 15.8 Å². The summed E-state index contributed by atoms with van der Waals surface area (Å²) in [5, 5.41) is 2.75. The van der Waals surface area contributed by atoms with Gasteiger partial charge in [0.25, 0.3) is 0 Å². The van der Waals surface area contributed by atoms with Crippen molar-refractivity contribution in [1.82, 2.24) is 0 Å². The quantitative estimate of drug-likeness (QED) is 0.793. The molecule has 0 heterocycles. The summed E-state index contributed by atoms with van der Waals surface area (Å²) >= 11 is 0. The zero-order chi connectivity index (χ0) is 12.0. The lowest BCUT2D eigenvalue weighted by Gasteiger charge is -2.09. The van der Waals surface area contributed by atoms with E-state index in [-0.39, 0.29) is 18.6 Å². The van der Waals surface area contributed by atoms with Gasteiger partial charge >= 0.3 is 0 Å². The summed E-state index contributed by atoms with van der Waals surface area (Å²) in [6.07, 6.45) is 0.0566. The number of nitrogens with two attached hydrogens (primary N) is 1. The number of benzene rings is 1. The first-order valence-electron chi connectivity index (χ1n) is 5.32. The third kappa shape index (κ3) is 4.42. The number of nitrogens with one attached hydrogen (secondary N) is 1. The van der Waals surface area contributed by atoms with Gasteiger partial charge in [0.1, 0.15) is 6.61 Å². The van der Waals surface area contributed by atoms with E-state index < -0.39 is 0 Å². The van der Waals surface area contributed by atoms with Crippen molar-refractivity contribution < 1.29 is 9.53 Å². The Labute approximate surface area is 95.8 Å². The number of rotatable bonds is 5. The van der Waals surface area contributed by atoms with Crippen molar-refractivity contribution in [3.63, 3.8) is 0 Å². The van der Waals surface area contributed by atoms with Crippen LogP contribution in [0, 0.1) is 0 Å². The summed E-state index contributed by atoms with van der Waals surface area (Å²) in [6.45, 7) is 4.32. The average molecular weight is 222 g/mol. The molecule has 0 aliphatic carbocycles. The van der Waals surface area contributed by atoms with Gasteiger partial charge in [-0.25, -0.2) is 0 Å². The van der Waals surface area contributed by atoms with E-state index in [9.17, 15) is 4.79 Å². The number of hydrogen-bond donors (Lipinski definition) is 2. The number of amides is 1. The lowest BCUT2D eigenvalue weighted by Crippen LogP contribution is -2.20. The molecule has 0 saturated heterocycles. The summed E-state index contributed by atoms with van der Waals surface area (Å²) < 4.78 is 5.20. The van der Waals surface area contributed by atoms with E-state index in [4.69, 9.17) is 10.5 Å². The molecule has 88 valence electrons. The summed E-state index contributed by atoms with van der Waals surface area (Å²) in [5.74, 6) is -0.150. The van der Waals surface area contributed by atoms with Crippen molar-refractivity contribution in [1.29, 1.82) is 0 Å². The standard InChI is InChI=1S/C12H18N2O2/c1-9(2)16-8-12(15)14-11-5-3-4-10(6-11)7-13/h3-6,9H,7-8,13H2,1-2H3,(H,14,15). The lowest BCUT2D eigenvalue weighted by atomic mass is 10.2. The minimum atomic E-state index is -0.150. The number of hydrogen-bond acceptors (Lipinski definition) is 3. The molecule has 1 aromatic rings. The maximum atomic E-state index is 11.4. The molecule has 0 spiro atoms. The Bertz CT molecular complexity index is 351. The van der Waals surface area contributed by atoms with Crippen LogP contribution in [-0.2, 0) is 16.1 Å². The number of ether oxygens (including phenoxy) is 1. The molecule has 4 heteroatoms. The van der Waals surface area contributed by atoms with Crippen molar-refractivity contribution in [3.8, 4) is 0 Å². The third-order valence-corrected chi connectivity index (χ3v) is 1.99. The topological polar surface area (TPSA) is 64.3 Å². The van der Waals surface area contributed by atoms with Crippen LogP contribution < -0.4 is 11.1 Å². The molecule has 0 unspecified atom stereocenters. The van der Waals surface area contributed by atoms with Crippen LogP contribution in [-0.4, -0.2) is 18.6 Å². The van der Waals surface area contributed by atoms with Gasteiger partial charge in [-0.1, -0.05) is 12.1 Å². The zero-order valence-corrected chi connectivity index (χ0v) is 9.69. The Hall–Kier alpha value is -1.39. The molecule has 16 heavy (non-hydrogen) atoms. The highest BCUT2D eigenvalue weighted by atomic mass is 16.5. The maximum absolute atomic E-state index is 11.4. The van der Waals surface area contributed by atoms with E-state index >= 15 is 0 Å². The minimum Gasteiger partial charge on any atom is -0.369 e.